The molecule has 96 heavy (non-hydrogen) atoms. The van der Waals surface area contributed by atoms with Crippen molar-refractivity contribution in [2.75, 3.05) is 28.4 Å². The Hall–Kier alpha value is -8.06. The fourth-order valence-electron chi connectivity index (χ4n) is 7.49. The van der Waals surface area contributed by atoms with E-state index in [4.69, 9.17) is 10.2 Å². The van der Waals surface area contributed by atoms with Crippen molar-refractivity contribution in [3.8, 4) is 22.3 Å². The smallest absolute Gasteiger partial charge is 0.339 e. The van der Waals surface area contributed by atoms with Crippen LogP contribution in [0.25, 0.3) is 58.7 Å². The molecule has 2 aromatic heterocycles. The number of rotatable bonds is 14. The highest BCUT2D eigenvalue weighted by atomic mass is 79.9. The van der Waals surface area contributed by atoms with Gasteiger partial charge in [0.25, 0.3) is 0 Å². The van der Waals surface area contributed by atoms with Gasteiger partial charge in [-0.1, -0.05) is 181 Å². The lowest BCUT2D eigenvalue weighted by Crippen LogP contribution is -2.09. The van der Waals surface area contributed by atoms with E-state index in [1.54, 1.807) is 36.9 Å². The largest absolute Gasteiger partial charge is 0.478 e. The molecule has 0 fully saturated rings. The molecule has 0 saturated heterocycles. The number of hydrogen-bond acceptors (Lipinski definition) is 12. The molecule has 2 heterocycles. The van der Waals surface area contributed by atoms with E-state index in [1.165, 1.54) is 99.2 Å². The van der Waals surface area contributed by atoms with Crippen LogP contribution in [0.4, 0.5) is 0 Å². The number of carboxylic acids is 2. The molecule has 14 nitrogen and oxygen atoms in total. The van der Waals surface area contributed by atoms with Gasteiger partial charge in [0, 0.05) is 60.6 Å². The third-order valence-corrected chi connectivity index (χ3v) is 17.0. The maximum atomic E-state index is 11.6. The Morgan fingerprint density at radius 1 is 0.312 bits per heavy atom. The molecule has 0 saturated carbocycles. The average molecular weight is 1810 g/mol. The Labute approximate surface area is 624 Å². The lowest BCUT2D eigenvalue weighted by atomic mass is 9.98. The zero-order valence-electron chi connectivity index (χ0n) is 51.8. The van der Waals surface area contributed by atoms with Crippen molar-refractivity contribution in [2.45, 2.75) is 0 Å². The summed E-state index contributed by atoms with van der Waals surface area (Å²) in [6.07, 6.45) is 17.2. The summed E-state index contributed by atoms with van der Waals surface area (Å²) in [5.74, 6) is -4.19. The molecule has 9 aromatic rings. The highest BCUT2D eigenvalue weighted by Crippen LogP contribution is 2.30. The quantitative estimate of drug-likeness (QED) is 0.0768. The molecule has 0 aliphatic heterocycles. The van der Waals surface area contributed by atoms with Gasteiger partial charge in [0.15, 0.2) is 0 Å². The van der Waals surface area contributed by atoms with Gasteiger partial charge in [0.2, 0.25) is 0 Å². The summed E-state index contributed by atoms with van der Waals surface area (Å²) in [7, 11) is 5.15. The van der Waals surface area contributed by atoms with E-state index in [1.807, 2.05) is 24.3 Å². The third-order valence-electron chi connectivity index (χ3n) is 12.4. The van der Waals surface area contributed by atoms with Crippen LogP contribution in [0.2, 0.25) is 0 Å². The van der Waals surface area contributed by atoms with Crippen molar-refractivity contribution in [3.63, 3.8) is 0 Å². The molecule has 494 valence electrons. The normalized spacial score (nSPS) is 9.62. The SMILES string of the molecule is Brc1ccc(-c2ccc(Br)cc2)cc1.Brc1cncc(Br)c1.C=Cc1cc(C(=O)OC)c(C=C)cc1C(=O)OC.C=Cc1ccc(-c2ccc(C=C)cc2)cc1.C=Cc1cncc(C=C)c1.COC(=O)c1cc(Br)c(C(=O)OC)cc1Br.O=C(O)c1cc(Br)c(C(=O)O)cc1Br. The summed E-state index contributed by atoms with van der Waals surface area (Å²) in [4.78, 5) is 75.1. The summed E-state index contributed by atoms with van der Waals surface area (Å²) in [5.41, 5.74) is 11.6. The molecule has 2 N–H and O–H groups in total. The number of carboxylic acid groups (broad SMARTS) is 2. The lowest BCUT2D eigenvalue weighted by molar-refractivity contribution is 0.0585. The molecule has 7 aromatic carbocycles. The van der Waals surface area contributed by atoms with E-state index in [0.717, 1.165) is 40.1 Å². The molecule has 9 rings (SSSR count). The molecule has 0 bridgehead atoms. The molecule has 0 radical (unpaired) electrons. The number of carbonyl (C=O) groups is 6. The topological polar surface area (TPSA) is 206 Å². The van der Waals surface area contributed by atoms with E-state index in [-0.39, 0.29) is 20.1 Å². The van der Waals surface area contributed by atoms with E-state index in [0.29, 0.717) is 42.3 Å². The Morgan fingerprint density at radius 2 is 0.573 bits per heavy atom. The molecular formula is C74H60Br8N2O12. The second kappa shape index (κ2) is 43.2. The molecule has 0 aliphatic carbocycles. The predicted molar refractivity (Wildman–Crippen MR) is 413 cm³/mol. The van der Waals surface area contributed by atoms with Crippen LogP contribution in [0.5, 0.6) is 0 Å². The summed E-state index contributed by atoms with van der Waals surface area (Å²) in [5, 5.41) is 17.4. The van der Waals surface area contributed by atoms with Gasteiger partial charge in [0.05, 0.1) is 61.8 Å². The number of ether oxygens (including phenoxy) is 4. The maximum absolute atomic E-state index is 11.6. The first-order chi connectivity index (χ1) is 45.8. The molecule has 0 spiro atoms. The van der Waals surface area contributed by atoms with Crippen LogP contribution < -0.4 is 0 Å². The third kappa shape index (κ3) is 26.9. The number of hydrogen-bond donors (Lipinski definition) is 2. The van der Waals surface area contributed by atoms with Crippen LogP contribution in [0, 0.1) is 0 Å². The minimum absolute atomic E-state index is 0.0156. The van der Waals surface area contributed by atoms with Gasteiger partial charge < -0.3 is 29.2 Å². The fraction of sp³-hybridized carbons (Fsp3) is 0.0541. The molecule has 0 amide bonds. The minimum Gasteiger partial charge on any atom is -0.478 e. The first-order valence-corrected chi connectivity index (χ1v) is 33.8. The van der Waals surface area contributed by atoms with Crippen LogP contribution in [0.1, 0.15) is 95.5 Å². The van der Waals surface area contributed by atoms with E-state index >= 15 is 0 Å². The molecule has 0 unspecified atom stereocenters. The van der Waals surface area contributed by atoms with Gasteiger partial charge in [-0.05, 0) is 224 Å². The van der Waals surface area contributed by atoms with Gasteiger partial charge in [-0.3, -0.25) is 9.97 Å². The second-order valence-electron chi connectivity index (χ2n) is 18.6. The van der Waals surface area contributed by atoms with Gasteiger partial charge in [-0.15, -0.1) is 0 Å². The van der Waals surface area contributed by atoms with Crippen LogP contribution in [-0.4, -0.2) is 84.4 Å². The number of halogens is 8. The van der Waals surface area contributed by atoms with Gasteiger partial charge in [0.1, 0.15) is 0 Å². The summed E-state index contributed by atoms with van der Waals surface area (Å²) < 4.78 is 24.2. The van der Waals surface area contributed by atoms with Crippen molar-refractivity contribution < 1.29 is 57.9 Å². The van der Waals surface area contributed by atoms with Crippen LogP contribution in [0.15, 0.2) is 246 Å². The Balaban J connectivity index is 0.000000295. The van der Waals surface area contributed by atoms with Crippen molar-refractivity contribution in [2.24, 2.45) is 0 Å². The minimum atomic E-state index is -1.12. The van der Waals surface area contributed by atoms with Crippen molar-refractivity contribution >= 4 is 200 Å². The summed E-state index contributed by atoms with van der Waals surface area (Å²) in [6.45, 7) is 22.0. The first-order valence-electron chi connectivity index (χ1n) is 27.4. The Kier molecular flexibility index (Phi) is 37.0. The zero-order chi connectivity index (χ0) is 71.6. The van der Waals surface area contributed by atoms with E-state index < -0.39 is 35.8 Å². The summed E-state index contributed by atoms with van der Waals surface area (Å²) >= 11 is 25.7. The van der Waals surface area contributed by atoms with Crippen molar-refractivity contribution in [1.82, 2.24) is 9.97 Å². The number of esters is 4. The number of aromatic nitrogens is 2. The number of benzene rings is 7. The van der Waals surface area contributed by atoms with Crippen molar-refractivity contribution in [1.29, 1.82) is 0 Å². The predicted octanol–water partition coefficient (Wildman–Crippen LogP) is 22.4. The van der Waals surface area contributed by atoms with Crippen LogP contribution in [-0.2, 0) is 18.9 Å². The van der Waals surface area contributed by atoms with Gasteiger partial charge in [-0.2, -0.15) is 0 Å². The standard InChI is InChI=1S/C16H14.C14H14O4.C12H8Br2.C10H8Br2O4.C9H9N.C8H4Br2O4.C5H3Br2N/c1-3-13-5-9-15(10-6-13)16-11-7-14(4-2)8-12-16;1-5-9-7-12(14(16)18-4)10(6-2)8-11(9)13(15)17-3;13-11-5-1-9(2-6-11)10-3-7-12(14)8-4-10;1-15-9(13)5-3-8(12)6(4-7(5)11)10(14)16-2;1-3-8-5-9(4-2)7-10-6-8;9-5-1-3(7(11)12)6(10)2-4(5)8(13)14;6-4-1-5(7)3-8-2-4/h3-12H,1-2H2;5-8H,1-2H2,3-4H3;1-8H;3-4H,1-2H3;3-7H,1-2H2;1-2H,(H,11,12)(H,13,14);1-3H. The Bertz CT molecular complexity index is 3980. The number of carbonyl (C=O) groups excluding carboxylic acids is 4. The number of aromatic carboxylic acids is 2. The molecule has 22 heteroatoms. The molecular weight excluding hydrogens is 1750 g/mol. The zero-order valence-corrected chi connectivity index (χ0v) is 64.5. The van der Waals surface area contributed by atoms with Crippen LogP contribution in [0.3, 0.4) is 0 Å². The van der Waals surface area contributed by atoms with E-state index in [2.05, 4.69) is 293 Å². The second-order valence-corrected chi connectivity index (χ2v) is 25.7. The summed E-state index contributed by atoms with van der Waals surface area (Å²) in [6, 6.07) is 45.8. The monoisotopic (exact) mass is 1800 g/mol. The highest BCUT2D eigenvalue weighted by molar-refractivity contribution is 9.12. The number of methoxy groups -OCH3 is 4. The number of nitrogens with zero attached hydrogens (tertiary/aromatic N) is 2. The number of pyridine rings is 2. The Morgan fingerprint density at radius 3 is 0.823 bits per heavy atom. The average Bonchev–Trinajstić information content (AvgIpc) is 1.02. The molecule has 0 atom stereocenters. The highest BCUT2D eigenvalue weighted by Gasteiger charge is 2.20. The van der Waals surface area contributed by atoms with Crippen LogP contribution >= 0.6 is 127 Å². The van der Waals surface area contributed by atoms with Gasteiger partial charge in [-0.25, -0.2) is 28.8 Å². The maximum Gasteiger partial charge on any atom is 0.339 e. The lowest BCUT2D eigenvalue weighted by Gasteiger charge is -2.10. The van der Waals surface area contributed by atoms with E-state index in [9.17, 15) is 28.8 Å². The van der Waals surface area contributed by atoms with Crippen molar-refractivity contribution in [3.05, 3.63) is 312 Å². The molecule has 0 aliphatic rings. The first kappa shape index (κ1) is 82.2. The fourth-order valence-corrected chi connectivity index (χ4v) is 11.1. The van der Waals surface area contributed by atoms with Gasteiger partial charge >= 0.3 is 35.8 Å².